The van der Waals surface area contributed by atoms with Gasteiger partial charge in [-0.1, -0.05) is 27.5 Å². The number of hydrogen-bond donors (Lipinski definition) is 2. The van der Waals surface area contributed by atoms with Crippen molar-refractivity contribution in [1.29, 1.82) is 0 Å². The molecular weight excluding hydrogens is 457 g/mol. The summed E-state index contributed by atoms with van der Waals surface area (Å²) in [6, 6.07) is 3.58. The van der Waals surface area contributed by atoms with Gasteiger partial charge in [-0.3, -0.25) is 4.79 Å². The molecule has 7 nitrogen and oxygen atoms in total. The number of sulfonamides is 1. The molecule has 0 bridgehead atoms. The number of carbonyl (C=O) groups excluding carboxylic acids is 1. The molecule has 142 valence electrons. The van der Waals surface area contributed by atoms with E-state index in [-0.39, 0.29) is 22.1 Å². The van der Waals surface area contributed by atoms with Crippen LogP contribution in [0.2, 0.25) is 5.02 Å². The Hall–Kier alpha value is -1.78. The number of benzene rings is 1. The number of halogens is 3. The Morgan fingerprint density at radius 3 is 2.73 bits per heavy atom. The minimum Gasteiger partial charge on any atom is -0.502 e. The van der Waals surface area contributed by atoms with Crippen molar-refractivity contribution in [3.8, 4) is 22.8 Å². The first-order chi connectivity index (χ1) is 12.1. The summed E-state index contributed by atoms with van der Waals surface area (Å²) in [6.45, 7) is 1.07. The third kappa shape index (κ3) is 4.89. The zero-order chi connectivity index (χ0) is 19.5. The van der Waals surface area contributed by atoms with Gasteiger partial charge in [0.25, 0.3) is 5.88 Å². The van der Waals surface area contributed by atoms with Crippen LogP contribution in [-0.2, 0) is 14.8 Å². The first-order valence-corrected chi connectivity index (χ1v) is 10.4. The fourth-order valence-corrected chi connectivity index (χ4v) is 3.80. The van der Waals surface area contributed by atoms with E-state index in [9.17, 15) is 22.7 Å². The lowest BCUT2D eigenvalue weighted by atomic mass is 10.1. The molecule has 0 fully saturated rings. The normalized spacial score (nSPS) is 11.4. The third-order valence-electron chi connectivity index (χ3n) is 3.06. The second-order valence-corrected chi connectivity index (χ2v) is 8.17. The highest BCUT2D eigenvalue weighted by atomic mass is 79.9. The largest absolute Gasteiger partial charge is 0.502 e. The lowest BCUT2D eigenvalue weighted by Gasteiger charge is -2.06. The molecule has 0 radical (unpaired) electrons. The number of esters is 1. The summed E-state index contributed by atoms with van der Waals surface area (Å²) >= 11 is 8.74. The van der Waals surface area contributed by atoms with Crippen molar-refractivity contribution in [2.45, 2.75) is 13.3 Å². The Labute approximate surface area is 162 Å². The number of anilines is 1. The summed E-state index contributed by atoms with van der Waals surface area (Å²) < 4.78 is 50.1. The van der Waals surface area contributed by atoms with Crippen LogP contribution in [0.1, 0.15) is 13.3 Å². The van der Waals surface area contributed by atoms with Crippen molar-refractivity contribution in [2.24, 2.45) is 0 Å². The van der Waals surface area contributed by atoms with E-state index >= 15 is 0 Å². The summed E-state index contributed by atoms with van der Waals surface area (Å²) in [4.78, 5) is 11.3. The molecule has 2 N–H and O–H groups in total. The van der Waals surface area contributed by atoms with Crippen LogP contribution in [0.5, 0.6) is 11.5 Å². The number of ether oxygens (including phenoxy) is 1. The summed E-state index contributed by atoms with van der Waals surface area (Å²) in [5.74, 6) is -3.74. The number of rotatable bonds is 7. The van der Waals surface area contributed by atoms with E-state index < -0.39 is 39.2 Å². The van der Waals surface area contributed by atoms with Gasteiger partial charge < -0.3 is 14.3 Å². The fourth-order valence-electron chi connectivity index (χ4n) is 1.98. The topological polar surface area (TPSA) is 106 Å². The van der Waals surface area contributed by atoms with Crippen LogP contribution in [0.25, 0.3) is 11.3 Å². The van der Waals surface area contributed by atoms with Crippen LogP contribution in [0, 0.1) is 5.82 Å². The summed E-state index contributed by atoms with van der Waals surface area (Å²) in [6.07, 6.45) is 0.320. The van der Waals surface area contributed by atoms with Gasteiger partial charge in [0.15, 0.2) is 5.76 Å². The van der Waals surface area contributed by atoms with Gasteiger partial charge in [-0.05, 0) is 24.6 Å². The van der Waals surface area contributed by atoms with Crippen molar-refractivity contribution < 1.29 is 31.9 Å². The van der Waals surface area contributed by atoms with Crippen LogP contribution in [0.4, 0.5) is 10.3 Å². The second-order valence-electron chi connectivity index (χ2n) is 5.12. The highest BCUT2D eigenvalue weighted by molar-refractivity contribution is 9.09. The summed E-state index contributed by atoms with van der Waals surface area (Å²) in [5, 5.41) is 10.6. The number of furan rings is 1. The monoisotopic (exact) mass is 469 g/mol. The minimum atomic E-state index is -3.83. The van der Waals surface area contributed by atoms with E-state index in [2.05, 4.69) is 20.7 Å². The van der Waals surface area contributed by atoms with Crippen LogP contribution in [-0.4, -0.2) is 30.6 Å². The molecule has 0 saturated heterocycles. The van der Waals surface area contributed by atoms with Crippen LogP contribution < -0.4 is 9.46 Å². The molecule has 1 aromatic heterocycles. The van der Waals surface area contributed by atoms with Gasteiger partial charge in [0.2, 0.25) is 21.5 Å². The molecule has 0 unspecified atom stereocenters. The Bertz CT molecular complexity index is 930. The smallest absolute Gasteiger partial charge is 0.308 e. The molecule has 1 aromatic carbocycles. The van der Waals surface area contributed by atoms with E-state index in [1.165, 1.54) is 12.1 Å². The quantitative estimate of drug-likeness (QED) is 0.470. The molecular formula is C15H14BrClFNO6S. The van der Waals surface area contributed by atoms with E-state index in [1.54, 1.807) is 0 Å². The van der Waals surface area contributed by atoms with E-state index in [0.29, 0.717) is 11.8 Å². The van der Waals surface area contributed by atoms with E-state index in [4.69, 9.17) is 20.8 Å². The maximum atomic E-state index is 13.7. The molecule has 2 aromatic rings. The minimum absolute atomic E-state index is 0.0729. The van der Waals surface area contributed by atoms with Crippen molar-refractivity contribution >= 4 is 49.4 Å². The maximum Gasteiger partial charge on any atom is 0.308 e. The SMILES string of the molecule is CC(=O)Oc1c(NS(=O)(=O)CCCBr)oc(-c2ccc(Cl)c(F)c2)c1O. The average Bonchev–Trinajstić information content (AvgIpc) is 2.84. The Kier molecular flexibility index (Phi) is 6.53. The number of carbonyl (C=O) groups is 1. The molecule has 0 aliphatic carbocycles. The number of alkyl halides is 1. The molecule has 0 saturated carbocycles. The van der Waals surface area contributed by atoms with Gasteiger partial charge in [-0.2, -0.15) is 0 Å². The molecule has 26 heavy (non-hydrogen) atoms. The summed E-state index contributed by atoms with van der Waals surface area (Å²) in [7, 11) is -3.83. The standard InChI is InChI=1S/C15H14BrClFNO6S/c1-8(20)24-14-12(21)13(9-3-4-10(17)11(18)7-9)25-15(14)19-26(22,23)6-2-5-16/h3-4,7,19,21H,2,5-6H2,1H3. The van der Waals surface area contributed by atoms with Crippen LogP contribution >= 0.6 is 27.5 Å². The van der Waals surface area contributed by atoms with Crippen LogP contribution in [0.3, 0.4) is 0 Å². The average molecular weight is 471 g/mol. The predicted octanol–water partition coefficient (Wildman–Crippen LogP) is 3.90. The maximum absolute atomic E-state index is 13.7. The Balaban J connectivity index is 2.50. The van der Waals surface area contributed by atoms with Gasteiger partial charge in [-0.15, -0.1) is 0 Å². The number of hydrogen-bond acceptors (Lipinski definition) is 6. The molecule has 0 aliphatic heterocycles. The van der Waals surface area contributed by atoms with Gasteiger partial charge in [-0.25, -0.2) is 17.5 Å². The molecule has 1 heterocycles. The first kappa shape index (κ1) is 20.5. The Morgan fingerprint density at radius 2 is 2.15 bits per heavy atom. The molecule has 0 spiro atoms. The van der Waals surface area contributed by atoms with Crippen molar-refractivity contribution in [2.75, 3.05) is 15.8 Å². The molecule has 0 aliphatic rings. The highest BCUT2D eigenvalue weighted by Crippen LogP contribution is 2.46. The third-order valence-corrected chi connectivity index (χ3v) is 5.25. The molecule has 0 amide bonds. The van der Waals surface area contributed by atoms with Gasteiger partial charge in [0.05, 0.1) is 10.8 Å². The number of aromatic hydroxyl groups is 1. The number of nitrogens with one attached hydrogen (secondary N) is 1. The second kappa shape index (κ2) is 8.28. The van der Waals surface area contributed by atoms with Crippen molar-refractivity contribution in [3.05, 3.63) is 29.0 Å². The van der Waals surface area contributed by atoms with Gasteiger partial charge >= 0.3 is 5.97 Å². The fraction of sp³-hybridized carbons (Fsp3) is 0.267. The lowest BCUT2D eigenvalue weighted by molar-refractivity contribution is -0.131. The zero-order valence-electron chi connectivity index (χ0n) is 13.4. The molecule has 11 heteroatoms. The summed E-state index contributed by atoms with van der Waals surface area (Å²) in [5.41, 5.74) is 0.0729. The Morgan fingerprint density at radius 1 is 1.46 bits per heavy atom. The van der Waals surface area contributed by atoms with Crippen molar-refractivity contribution in [1.82, 2.24) is 0 Å². The highest BCUT2D eigenvalue weighted by Gasteiger charge is 2.27. The molecule has 2 rings (SSSR count). The van der Waals surface area contributed by atoms with E-state index in [1.807, 2.05) is 0 Å². The predicted molar refractivity (Wildman–Crippen MR) is 97.9 cm³/mol. The lowest BCUT2D eigenvalue weighted by Crippen LogP contribution is -2.17. The van der Waals surface area contributed by atoms with E-state index in [0.717, 1.165) is 13.0 Å². The zero-order valence-corrected chi connectivity index (χ0v) is 16.5. The van der Waals surface area contributed by atoms with Crippen molar-refractivity contribution in [3.63, 3.8) is 0 Å². The van der Waals surface area contributed by atoms with Gasteiger partial charge in [0.1, 0.15) is 5.82 Å². The van der Waals surface area contributed by atoms with Crippen LogP contribution in [0.15, 0.2) is 22.6 Å². The molecule has 0 atom stereocenters. The first-order valence-electron chi connectivity index (χ1n) is 7.20. The van der Waals surface area contributed by atoms with Gasteiger partial charge in [0, 0.05) is 17.8 Å².